The van der Waals surface area contributed by atoms with Crippen LogP contribution in [0.3, 0.4) is 0 Å². The Morgan fingerprint density at radius 3 is 2.54 bits per heavy atom. The molecule has 0 spiro atoms. The van der Waals surface area contributed by atoms with Crippen molar-refractivity contribution in [2.75, 3.05) is 37.6 Å². The molecule has 7 heteroatoms. The third-order valence-electron chi connectivity index (χ3n) is 5.57. The average molecular weight is 386 g/mol. The zero-order valence-corrected chi connectivity index (χ0v) is 16.7. The molecule has 1 aromatic carbocycles. The molecule has 2 heterocycles. The average Bonchev–Trinajstić information content (AvgIpc) is 3.06. The van der Waals surface area contributed by atoms with Crippen molar-refractivity contribution in [3.63, 3.8) is 0 Å². The monoisotopic (exact) mass is 386 g/mol. The molecule has 2 fully saturated rings. The molecule has 0 saturated carbocycles. The van der Waals surface area contributed by atoms with Crippen LogP contribution in [0.25, 0.3) is 0 Å². The molecule has 0 aromatic heterocycles. The Morgan fingerprint density at radius 2 is 1.86 bits per heavy atom. The Balaban J connectivity index is 1.66. The van der Waals surface area contributed by atoms with Gasteiger partial charge in [-0.3, -0.25) is 14.4 Å². The molecule has 3 amide bonds. The van der Waals surface area contributed by atoms with Crippen LogP contribution < -0.4 is 16.0 Å². The molecule has 2 aliphatic rings. The van der Waals surface area contributed by atoms with Crippen molar-refractivity contribution in [1.82, 2.24) is 10.2 Å². The Hall–Kier alpha value is -2.41. The third kappa shape index (κ3) is 4.35. The Kier molecular flexibility index (Phi) is 6.34. The maximum Gasteiger partial charge on any atom is 0.239 e. The molecule has 3 rings (SSSR count). The Labute approximate surface area is 166 Å². The van der Waals surface area contributed by atoms with Crippen LogP contribution in [0.2, 0.25) is 0 Å². The fraction of sp³-hybridized carbons (Fsp3) is 0.571. The number of amides is 3. The summed E-state index contributed by atoms with van der Waals surface area (Å²) in [5.41, 5.74) is 8.49. The van der Waals surface area contributed by atoms with Gasteiger partial charge in [-0.15, -0.1) is 0 Å². The summed E-state index contributed by atoms with van der Waals surface area (Å²) in [6.07, 6.45) is 2.05. The van der Waals surface area contributed by atoms with E-state index in [4.69, 9.17) is 5.73 Å². The number of piperidine rings is 1. The van der Waals surface area contributed by atoms with Gasteiger partial charge >= 0.3 is 0 Å². The molecule has 7 nitrogen and oxygen atoms in total. The van der Waals surface area contributed by atoms with Crippen molar-refractivity contribution in [1.29, 1.82) is 0 Å². The highest BCUT2D eigenvalue weighted by Gasteiger charge is 2.41. The van der Waals surface area contributed by atoms with Gasteiger partial charge in [0.15, 0.2) is 0 Å². The number of nitrogens with one attached hydrogen (secondary N) is 1. The second-order valence-electron chi connectivity index (χ2n) is 7.88. The summed E-state index contributed by atoms with van der Waals surface area (Å²) in [5.74, 6) is -1.21. The Morgan fingerprint density at radius 1 is 1.14 bits per heavy atom. The number of carbonyl (C=O) groups is 3. The van der Waals surface area contributed by atoms with Crippen LogP contribution in [0.15, 0.2) is 18.2 Å². The number of anilines is 1. The molecule has 2 aliphatic heterocycles. The lowest BCUT2D eigenvalue weighted by molar-refractivity contribution is -0.142. The van der Waals surface area contributed by atoms with E-state index in [1.807, 2.05) is 26.0 Å². The van der Waals surface area contributed by atoms with E-state index in [0.717, 1.165) is 29.7 Å². The number of nitrogens with two attached hydrogens (primary N) is 1. The van der Waals surface area contributed by atoms with Gasteiger partial charge in [-0.2, -0.15) is 0 Å². The van der Waals surface area contributed by atoms with E-state index in [1.165, 1.54) is 0 Å². The van der Waals surface area contributed by atoms with Crippen LogP contribution in [0.5, 0.6) is 0 Å². The van der Waals surface area contributed by atoms with Gasteiger partial charge in [0.25, 0.3) is 0 Å². The van der Waals surface area contributed by atoms with Crippen LogP contribution in [0, 0.1) is 25.7 Å². The maximum atomic E-state index is 13.0. The number of likely N-dealkylation sites (tertiary alicyclic amines) is 1. The molecule has 2 atom stereocenters. The van der Waals surface area contributed by atoms with E-state index in [2.05, 4.69) is 11.4 Å². The lowest BCUT2D eigenvalue weighted by Crippen LogP contribution is -2.48. The second-order valence-corrected chi connectivity index (χ2v) is 7.88. The van der Waals surface area contributed by atoms with Crippen LogP contribution >= 0.6 is 0 Å². The van der Waals surface area contributed by atoms with E-state index < -0.39 is 5.92 Å². The normalized spacial score (nSPS) is 22.5. The topological polar surface area (TPSA) is 95.7 Å². The standard InChI is InChI=1S/C21H30N4O3/c1-14-10-15(2)12-17(11-14)25-9-5-18(21(25)28)20(27)24-8-3-4-16(13-24)19(26)23-7-6-22/h10-12,16,18H,3-9,13,22H2,1-2H3,(H,23,26). The number of rotatable bonds is 5. The number of aryl methyl sites for hydroxylation is 2. The molecule has 152 valence electrons. The molecule has 0 radical (unpaired) electrons. The molecule has 0 bridgehead atoms. The van der Waals surface area contributed by atoms with Gasteiger partial charge in [-0.1, -0.05) is 6.07 Å². The predicted octanol–water partition coefficient (Wildman–Crippen LogP) is 0.970. The van der Waals surface area contributed by atoms with E-state index in [-0.39, 0.29) is 23.6 Å². The van der Waals surface area contributed by atoms with Gasteiger partial charge in [-0.05, 0) is 56.4 Å². The predicted molar refractivity (Wildman–Crippen MR) is 108 cm³/mol. The van der Waals surface area contributed by atoms with Gasteiger partial charge in [-0.25, -0.2) is 0 Å². The highest BCUT2D eigenvalue weighted by Crippen LogP contribution is 2.29. The number of benzene rings is 1. The molecule has 3 N–H and O–H groups in total. The maximum absolute atomic E-state index is 13.0. The number of hydrogen-bond donors (Lipinski definition) is 2. The first-order chi connectivity index (χ1) is 13.4. The van der Waals surface area contributed by atoms with Crippen molar-refractivity contribution in [2.24, 2.45) is 17.6 Å². The number of hydrogen-bond acceptors (Lipinski definition) is 4. The Bertz CT molecular complexity index is 744. The minimum atomic E-state index is -0.647. The van der Waals surface area contributed by atoms with Crippen molar-refractivity contribution in [2.45, 2.75) is 33.1 Å². The van der Waals surface area contributed by atoms with Crippen LogP contribution in [-0.2, 0) is 14.4 Å². The third-order valence-corrected chi connectivity index (χ3v) is 5.57. The van der Waals surface area contributed by atoms with Crippen molar-refractivity contribution in [3.8, 4) is 0 Å². The minimum absolute atomic E-state index is 0.0578. The van der Waals surface area contributed by atoms with Gasteiger partial charge in [0.1, 0.15) is 5.92 Å². The quantitative estimate of drug-likeness (QED) is 0.737. The lowest BCUT2D eigenvalue weighted by Gasteiger charge is -2.33. The lowest BCUT2D eigenvalue weighted by atomic mass is 9.95. The van der Waals surface area contributed by atoms with Crippen LogP contribution in [0.1, 0.15) is 30.4 Å². The zero-order chi connectivity index (χ0) is 20.3. The summed E-state index contributed by atoms with van der Waals surface area (Å²) in [6.45, 7) is 6.37. The summed E-state index contributed by atoms with van der Waals surface area (Å²) in [4.78, 5) is 41.6. The molecule has 28 heavy (non-hydrogen) atoms. The van der Waals surface area contributed by atoms with Crippen LogP contribution in [-0.4, -0.2) is 55.3 Å². The molecule has 1 aromatic rings. The summed E-state index contributed by atoms with van der Waals surface area (Å²) in [6, 6.07) is 6.03. The van der Waals surface area contributed by atoms with Crippen molar-refractivity contribution < 1.29 is 14.4 Å². The highest BCUT2D eigenvalue weighted by molar-refractivity contribution is 6.09. The van der Waals surface area contributed by atoms with E-state index in [0.29, 0.717) is 39.1 Å². The summed E-state index contributed by atoms with van der Waals surface area (Å²) in [7, 11) is 0. The summed E-state index contributed by atoms with van der Waals surface area (Å²) >= 11 is 0. The molecule has 2 saturated heterocycles. The van der Waals surface area contributed by atoms with Crippen LogP contribution in [0.4, 0.5) is 5.69 Å². The van der Waals surface area contributed by atoms with Crippen molar-refractivity contribution >= 4 is 23.4 Å². The fourth-order valence-corrected chi connectivity index (χ4v) is 4.22. The zero-order valence-electron chi connectivity index (χ0n) is 16.7. The van der Waals surface area contributed by atoms with E-state index in [1.54, 1.807) is 9.80 Å². The smallest absolute Gasteiger partial charge is 0.239 e. The van der Waals surface area contributed by atoms with Crippen molar-refractivity contribution in [3.05, 3.63) is 29.3 Å². The summed E-state index contributed by atoms with van der Waals surface area (Å²) in [5, 5.41) is 2.80. The molecular weight excluding hydrogens is 356 g/mol. The minimum Gasteiger partial charge on any atom is -0.355 e. The molecule has 0 aliphatic carbocycles. The summed E-state index contributed by atoms with van der Waals surface area (Å²) < 4.78 is 0. The van der Waals surface area contributed by atoms with Gasteiger partial charge in [0, 0.05) is 38.4 Å². The van der Waals surface area contributed by atoms with E-state index in [9.17, 15) is 14.4 Å². The fourth-order valence-electron chi connectivity index (χ4n) is 4.22. The van der Waals surface area contributed by atoms with E-state index >= 15 is 0 Å². The SMILES string of the molecule is Cc1cc(C)cc(N2CCC(C(=O)N3CCCC(C(=O)NCCN)C3)C2=O)c1. The van der Waals surface area contributed by atoms with Gasteiger partial charge < -0.3 is 20.9 Å². The number of carbonyl (C=O) groups excluding carboxylic acids is 3. The molecule has 2 unspecified atom stereocenters. The second kappa shape index (κ2) is 8.73. The first-order valence-electron chi connectivity index (χ1n) is 10.1. The largest absolute Gasteiger partial charge is 0.355 e. The first-order valence-corrected chi connectivity index (χ1v) is 10.1. The molecular formula is C21H30N4O3. The first kappa shape index (κ1) is 20.3. The number of nitrogens with zero attached hydrogens (tertiary/aromatic N) is 2. The van der Waals surface area contributed by atoms with Gasteiger partial charge in [0.2, 0.25) is 17.7 Å². The highest BCUT2D eigenvalue weighted by atomic mass is 16.2. The van der Waals surface area contributed by atoms with Gasteiger partial charge in [0.05, 0.1) is 5.92 Å².